The van der Waals surface area contributed by atoms with Crippen molar-refractivity contribution in [1.82, 2.24) is 10.2 Å². The molecule has 0 bridgehead atoms. The van der Waals surface area contributed by atoms with E-state index in [2.05, 4.69) is 31.3 Å². The average Bonchev–Trinajstić information content (AvgIpc) is 3.45. The van der Waals surface area contributed by atoms with Gasteiger partial charge in [0.1, 0.15) is 6.04 Å². The molecule has 0 unspecified atom stereocenters. The molecule has 1 saturated carbocycles. The molecule has 0 radical (unpaired) electrons. The zero-order chi connectivity index (χ0) is 22.2. The topological polar surface area (TPSA) is 58.6 Å². The molecule has 1 N–H and O–H groups in total. The van der Waals surface area contributed by atoms with E-state index in [4.69, 9.17) is 4.74 Å². The first kappa shape index (κ1) is 23.5. The number of hydrogen-bond donors (Lipinski definition) is 1. The highest BCUT2D eigenvalue weighted by atomic mass is 32.1. The number of carbonyl (C=O) groups excluding carboxylic acids is 2. The quantitative estimate of drug-likeness (QED) is 0.581. The van der Waals surface area contributed by atoms with Crippen LogP contribution in [0.3, 0.4) is 0 Å². The molecule has 3 rings (SSSR count). The van der Waals surface area contributed by atoms with E-state index in [-0.39, 0.29) is 17.9 Å². The Hall–Kier alpha value is -2.18. The third kappa shape index (κ3) is 6.40. The predicted octanol–water partition coefficient (Wildman–Crippen LogP) is 4.69. The number of thiophene rings is 1. The molecule has 1 aliphatic rings. The van der Waals surface area contributed by atoms with E-state index in [1.54, 1.807) is 23.3 Å². The highest BCUT2D eigenvalue weighted by molar-refractivity contribution is 7.10. The fourth-order valence-corrected chi connectivity index (χ4v) is 4.83. The van der Waals surface area contributed by atoms with Crippen molar-refractivity contribution < 1.29 is 14.3 Å². The Labute approximate surface area is 189 Å². The van der Waals surface area contributed by atoms with Crippen molar-refractivity contribution in [3.8, 4) is 0 Å². The monoisotopic (exact) mass is 442 g/mol. The molecule has 0 saturated heterocycles. The molecular formula is C25H34N2O3S. The van der Waals surface area contributed by atoms with Crippen LogP contribution in [0.2, 0.25) is 0 Å². The van der Waals surface area contributed by atoms with E-state index in [1.165, 1.54) is 5.56 Å². The summed E-state index contributed by atoms with van der Waals surface area (Å²) >= 11 is 1.56. The van der Waals surface area contributed by atoms with Gasteiger partial charge in [-0.2, -0.15) is 0 Å². The Morgan fingerprint density at radius 3 is 2.39 bits per heavy atom. The molecule has 2 amide bonds. The Morgan fingerprint density at radius 2 is 1.81 bits per heavy atom. The van der Waals surface area contributed by atoms with Crippen LogP contribution in [0.25, 0.3) is 0 Å². The number of ether oxygens (including phenoxy) is 1. The summed E-state index contributed by atoms with van der Waals surface area (Å²) in [5, 5.41) is 5.18. The summed E-state index contributed by atoms with van der Waals surface area (Å²) in [6, 6.07) is 11.6. The van der Waals surface area contributed by atoms with Crippen LogP contribution in [0.5, 0.6) is 0 Å². The largest absolute Gasteiger partial charge is 0.383 e. The van der Waals surface area contributed by atoms with Gasteiger partial charge in [-0.1, -0.05) is 57.0 Å². The van der Waals surface area contributed by atoms with Crippen molar-refractivity contribution in [1.29, 1.82) is 0 Å². The van der Waals surface area contributed by atoms with Gasteiger partial charge >= 0.3 is 0 Å². The number of hydrogen-bond acceptors (Lipinski definition) is 4. The molecule has 1 aromatic carbocycles. The molecule has 168 valence electrons. The summed E-state index contributed by atoms with van der Waals surface area (Å²) in [4.78, 5) is 29.5. The van der Waals surface area contributed by atoms with Gasteiger partial charge in [0, 0.05) is 24.6 Å². The zero-order valence-electron chi connectivity index (χ0n) is 18.8. The van der Waals surface area contributed by atoms with Crippen molar-refractivity contribution >= 4 is 23.2 Å². The lowest BCUT2D eigenvalue weighted by atomic mass is 9.97. The van der Waals surface area contributed by atoms with Crippen LogP contribution >= 0.6 is 11.3 Å². The maximum atomic E-state index is 13.5. The second-order valence-corrected chi connectivity index (χ2v) is 9.58. The lowest BCUT2D eigenvalue weighted by Gasteiger charge is -2.32. The normalized spacial score (nSPS) is 15.2. The molecule has 0 aliphatic heterocycles. The van der Waals surface area contributed by atoms with Gasteiger partial charge in [0.2, 0.25) is 11.8 Å². The van der Waals surface area contributed by atoms with Gasteiger partial charge < -0.3 is 15.0 Å². The molecule has 6 heteroatoms. The lowest BCUT2D eigenvalue weighted by molar-refractivity contribution is -0.141. The second-order valence-electron chi connectivity index (χ2n) is 8.55. The number of nitrogens with zero attached hydrogens (tertiary/aromatic N) is 1. The molecule has 1 aromatic heterocycles. The maximum absolute atomic E-state index is 13.5. The average molecular weight is 443 g/mol. The van der Waals surface area contributed by atoms with Crippen LogP contribution in [0.1, 0.15) is 67.5 Å². The number of amides is 2. The first-order valence-corrected chi connectivity index (χ1v) is 12.1. The first-order valence-electron chi connectivity index (χ1n) is 11.2. The maximum Gasteiger partial charge on any atom is 0.247 e. The van der Waals surface area contributed by atoms with Gasteiger partial charge in [-0.3, -0.25) is 9.59 Å². The van der Waals surface area contributed by atoms with Crippen LogP contribution in [-0.4, -0.2) is 43.0 Å². The van der Waals surface area contributed by atoms with Gasteiger partial charge in [0.25, 0.3) is 0 Å². The minimum absolute atomic E-state index is 0.0565. The third-order valence-electron chi connectivity index (χ3n) is 5.94. The van der Waals surface area contributed by atoms with Gasteiger partial charge in [-0.15, -0.1) is 11.3 Å². The van der Waals surface area contributed by atoms with Gasteiger partial charge in [-0.05, 0) is 41.3 Å². The minimum Gasteiger partial charge on any atom is -0.383 e. The number of rotatable bonds is 10. The third-order valence-corrected chi connectivity index (χ3v) is 6.82. The molecule has 5 nitrogen and oxygen atoms in total. The van der Waals surface area contributed by atoms with Crippen LogP contribution in [0, 0.1) is 0 Å². The highest BCUT2D eigenvalue weighted by Gasteiger charge is 2.33. The van der Waals surface area contributed by atoms with E-state index >= 15 is 0 Å². The van der Waals surface area contributed by atoms with Crippen molar-refractivity contribution in [2.24, 2.45) is 0 Å². The van der Waals surface area contributed by atoms with Gasteiger partial charge in [-0.25, -0.2) is 0 Å². The number of carbonyl (C=O) groups is 2. The first-order chi connectivity index (χ1) is 15.0. The van der Waals surface area contributed by atoms with E-state index in [1.807, 2.05) is 29.6 Å². The second kappa shape index (κ2) is 11.4. The number of nitrogens with one attached hydrogen (secondary N) is 1. The summed E-state index contributed by atoms with van der Waals surface area (Å²) in [6.07, 6.45) is 4.59. The summed E-state index contributed by atoms with van der Waals surface area (Å²) in [7, 11) is 1.62. The highest BCUT2D eigenvalue weighted by Crippen LogP contribution is 2.27. The molecule has 31 heavy (non-hydrogen) atoms. The molecule has 1 aliphatic carbocycles. The van der Waals surface area contributed by atoms with Gasteiger partial charge in [0.05, 0.1) is 13.0 Å². The van der Waals surface area contributed by atoms with Crippen LogP contribution in [0.4, 0.5) is 0 Å². The number of methoxy groups -OCH3 is 1. The Morgan fingerprint density at radius 1 is 1.13 bits per heavy atom. The smallest absolute Gasteiger partial charge is 0.247 e. The zero-order valence-corrected chi connectivity index (χ0v) is 19.6. The number of benzene rings is 1. The van der Waals surface area contributed by atoms with E-state index in [9.17, 15) is 9.59 Å². The predicted molar refractivity (Wildman–Crippen MR) is 125 cm³/mol. The molecule has 1 heterocycles. The lowest BCUT2D eigenvalue weighted by Crippen LogP contribution is -2.47. The van der Waals surface area contributed by atoms with E-state index in [0.717, 1.165) is 36.1 Å². The van der Waals surface area contributed by atoms with Crippen molar-refractivity contribution in [3.63, 3.8) is 0 Å². The van der Waals surface area contributed by atoms with Crippen molar-refractivity contribution in [2.75, 3.05) is 20.3 Å². The molecule has 0 spiro atoms. The van der Waals surface area contributed by atoms with E-state index in [0.29, 0.717) is 25.5 Å². The SMILES string of the molecule is COCCN(C(=O)Cc1cccs1)[C@@H](C(=O)NC1CCCC1)c1ccc(C(C)C)cc1. The Kier molecular flexibility index (Phi) is 8.67. The standard InChI is InChI=1S/C25H34N2O3S/c1-18(2)19-10-12-20(13-11-19)24(25(29)26-21-7-4-5-8-21)27(14-15-30-3)23(28)17-22-9-6-16-31-22/h6,9-13,16,18,21,24H,4-5,7-8,14-15,17H2,1-3H3,(H,26,29)/t24-/m1/s1. The Bertz CT molecular complexity index is 827. The van der Waals surface area contributed by atoms with Crippen molar-refractivity contribution in [3.05, 3.63) is 57.8 Å². The van der Waals surface area contributed by atoms with Crippen LogP contribution in [-0.2, 0) is 20.7 Å². The molecule has 1 atom stereocenters. The summed E-state index contributed by atoms with van der Waals surface area (Å²) in [5.41, 5.74) is 2.06. The molecule has 2 aromatic rings. The Balaban J connectivity index is 1.90. The minimum atomic E-state index is -0.663. The van der Waals surface area contributed by atoms with Crippen LogP contribution < -0.4 is 5.32 Å². The van der Waals surface area contributed by atoms with E-state index < -0.39 is 6.04 Å². The molecular weight excluding hydrogens is 408 g/mol. The van der Waals surface area contributed by atoms with Crippen LogP contribution in [0.15, 0.2) is 41.8 Å². The fourth-order valence-electron chi connectivity index (χ4n) is 4.14. The van der Waals surface area contributed by atoms with Crippen molar-refractivity contribution in [2.45, 2.75) is 64.0 Å². The summed E-state index contributed by atoms with van der Waals surface area (Å²) < 4.78 is 5.28. The summed E-state index contributed by atoms with van der Waals surface area (Å²) in [6.45, 7) is 5.05. The summed E-state index contributed by atoms with van der Waals surface area (Å²) in [5.74, 6) is 0.253. The fraction of sp³-hybridized carbons (Fsp3) is 0.520. The molecule has 1 fully saturated rings. The van der Waals surface area contributed by atoms with Gasteiger partial charge in [0.15, 0.2) is 0 Å².